The first-order chi connectivity index (χ1) is 16.5. The molecular weight excluding hydrogens is 468 g/mol. The lowest BCUT2D eigenvalue weighted by molar-refractivity contribution is -0.152. The first-order valence-electron chi connectivity index (χ1n) is 10.3. The molecular formula is C21H26N4O10. The average Bonchev–Trinajstić information content (AvgIpc) is 3.06. The number of aromatic nitrogens is 2. The van der Waals surface area contributed by atoms with Gasteiger partial charge in [-0.25, -0.2) is 4.79 Å². The van der Waals surface area contributed by atoms with Crippen LogP contribution in [0.3, 0.4) is 0 Å². The van der Waals surface area contributed by atoms with Crippen molar-refractivity contribution < 1.29 is 44.3 Å². The van der Waals surface area contributed by atoms with Crippen molar-refractivity contribution in [1.82, 2.24) is 9.55 Å². The Hall–Kier alpha value is -3.85. The molecule has 1 aliphatic rings. The molecule has 14 nitrogen and oxygen atoms in total. The van der Waals surface area contributed by atoms with Gasteiger partial charge >= 0.3 is 23.6 Å². The van der Waals surface area contributed by atoms with Crippen LogP contribution in [0, 0.1) is 0 Å². The number of anilines is 1. The summed E-state index contributed by atoms with van der Waals surface area (Å²) in [5, 5.41) is 35.8. The van der Waals surface area contributed by atoms with Crippen molar-refractivity contribution in [3.63, 3.8) is 0 Å². The molecule has 8 N–H and O–H groups in total. The fourth-order valence-corrected chi connectivity index (χ4v) is 3.07. The van der Waals surface area contributed by atoms with Gasteiger partial charge in [-0.2, -0.15) is 4.98 Å². The van der Waals surface area contributed by atoms with Crippen molar-refractivity contribution in [1.29, 1.82) is 0 Å². The highest BCUT2D eigenvalue weighted by atomic mass is 16.6. The standard InChI is InChI=1S/C18H22N4O6.C3H4O4/c19-11(8-10-4-2-1-3-5-10)17(25)27-9-12-14(23)15(24)16(28-12)22-7-6-13(20)21-18(22)26;4-2(5)1-3(6)7/h1-7,11-12,14-16,23-24H,8-9,19H2,(H2,20,21,26);1H2,(H,4,5)(H,6,7)/t11-,12+,14+,15-,16+;/m0./s1. The quantitative estimate of drug-likeness (QED) is 0.174. The predicted molar refractivity (Wildman–Crippen MR) is 118 cm³/mol. The number of carboxylic acid groups (broad SMARTS) is 2. The van der Waals surface area contributed by atoms with Crippen LogP contribution < -0.4 is 17.2 Å². The number of aliphatic hydroxyl groups excluding tert-OH is 2. The van der Waals surface area contributed by atoms with Crippen LogP contribution in [0.2, 0.25) is 0 Å². The van der Waals surface area contributed by atoms with Gasteiger partial charge in [0.2, 0.25) is 0 Å². The Morgan fingerprint density at radius 1 is 1.09 bits per heavy atom. The van der Waals surface area contributed by atoms with Gasteiger partial charge < -0.3 is 41.4 Å². The minimum atomic E-state index is -1.41. The van der Waals surface area contributed by atoms with Crippen LogP contribution in [0.1, 0.15) is 18.2 Å². The van der Waals surface area contributed by atoms with Gasteiger partial charge in [-0.1, -0.05) is 30.3 Å². The number of rotatable bonds is 8. The van der Waals surface area contributed by atoms with E-state index in [9.17, 15) is 29.4 Å². The third-order valence-electron chi connectivity index (χ3n) is 4.76. The van der Waals surface area contributed by atoms with Gasteiger partial charge in [-0.05, 0) is 18.1 Å². The second-order valence-electron chi connectivity index (χ2n) is 7.48. The maximum atomic E-state index is 12.1. The van der Waals surface area contributed by atoms with E-state index in [1.165, 1.54) is 12.3 Å². The van der Waals surface area contributed by atoms with E-state index in [1.54, 1.807) is 0 Å². The predicted octanol–water partition coefficient (Wildman–Crippen LogP) is -1.90. The molecule has 3 rings (SSSR count). The Bertz CT molecular complexity index is 1070. The van der Waals surface area contributed by atoms with E-state index < -0.39 is 60.6 Å². The van der Waals surface area contributed by atoms with Gasteiger partial charge in [-0.3, -0.25) is 19.0 Å². The van der Waals surface area contributed by atoms with Crippen LogP contribution in [0.4, 0.5) is 5.82 Å². The van der Waals surface area contributed by atoms with Gasteiger partial charge in [0, 0.05) is 6.20 Å². The third kappa shape index (κ3) is 8.15. The van der Waals surface area contributed by atoms with Crippen LogP contribution in [-0.2, 0) is 30.3 Å². The SMILES string of the molecule is Nc1ccn([C@@H]2O[C@H](COC(=O)[C@@H](N)Cc3ccccc3)[C@@H](O)[C@@H]2O)c(=O)n1.O=C(O)CC(=O)O. The van der Waals surface area contributed by atoms with Gasteiger partial charge in [0.1, 0.15) is 43.2 Å². The van der Waals surface area contributed by atoms with E-state index in [2.05, 4.69) is 4.98 Å². The van der Waals surface area contributed by atoms with Crippen molar-refractivity contribution in [3.8, 4) is 0 Å². The summed E-state index contributed by atoms with van der Waals surface area (Å²) in [5.74, 6) is -3.27. The summed E-state index contributed by atoms with van der Waals surface area (Å²) >= 11 is 0. The minimum absolute atomic E-state index is 0.0205. The Morgan fingerprint density at radius 2 is 1.71 bits per heavy atom. The van der Waals surface area contributed by atoms with E-state index >= 15 is 0 Å². The molecule has 0 saturated carbocycles. The molecule has 5 atom stereocenters. The number of nitrogens with zero attached hydrogens (tertiary/aromatic N) is 2. The molecule has 0 bridgehead atoms. The third-order valence-corrected chi connectivity index (χ3v) is 4.76. The summed E-state index contributed by atoms with van der Waals surface area (Å²) in [5.41, 5.74) is 11.4. The summed E-state index contributed by atoms with van der Waals surface area (Å²) in [6.45, 7) is -0.326. The number of esters is 1. The van der Waals surface area contributed by atoms with E-state index in [-0.39, 0.29) is 12.4 Å². The topological polar surface area (TPSA) is 238 Å². The lowest BCUT2D eigenvalue weighted by atomic mass is 10.1. The first kappa shape index (κ1) is 27.4. The molecule has 0 unspecified atom stereocenters. The van der Waals surface area contributed by atoms with Crippen molar-refractivity contribution >= 4 is 23.7 Å². The number of carbonyl (C=O) groups is 3. The zero-order valence-electron chi connectivity index (χ0n) is 18.3. The molecule has 1 fully saturated rings. The molecule has 2 heterocycles. The molecule has 0 radical (unpaired) electrons. The van der Waals surface area contributed by atoms with E-state index in [1.807, 2.05) is 30.3 Å². The number of nitrogen functional groups attached to an aromatic ring is 1. The number of aliphatic hydroxyl groups is 2. The monoisotopic (exact) mass is 494 g/mol. The van der Waals surface area contributed by atoms with Crippen LogP contribution in [0.15, 0.2) is 47.4 Å². The second-order valence-corrected chi connectivity index (χ2v) is 7.48. The van der Waals surface area contributed by atoms with Crippen LogP contribution in [-0.4, -0.2) is 78.8 Å². The van der Waals surface area contributed by atoms with Crippen LogP contribution in [0.5, 0.6) is 0 Å². The fraction of sp³-hybridized carbons (Fsp3) is 0.381. The maximum absolute atomic E-state index is 12.1. The maximum Gasteiger partial charge on any atom is 0.351 e. The first-order valence-corrected chi connectivity index (χ1v) is 10.3. The normalized spacial score (nSPS) is 21.9. The molecule has 190 valence electrons. The Kier molecular flexibility index (Phi) is 9.84. The number of carbonyl (C=O) groups excluding carboxylic acids is 1. The van der Waals surface area contributed by atoms with Gasteiger partial charge in [-0.15, -0.1) is 0 Å². The summed E-state index contributed by atoms with van der Waals surface area (Å²) in [4.78, 5) is 46.4. The van der Waals surface area contributed by atoms with E-state index in [4.69, 9.17) is 31.2 Å². The molecule has 0 amide bonds. The summed E-state index contributed by atoms with van der Waals surface area (Å²) in [6, 6.07) is 9.70. The molecule has 1 saturated heterocycles. The molecule has 0 spiro atoms. The van der Waals surface area contributed by atoms with Crippen molar-refractivity contribution in [2.45, 2.75) is 43.4 Å². The number of benzene rings is 1. The lowest BCUT2D eigenvalue weighted by Crippen LogP contribution is -2.39. The highest BCUT2D eigenvalue weighted by Crippen LogP contribution is 2.28. The summed E-state index contributed by atoms with van der Waals surface area (Å²) in [7, 11) is 0. The van der Waals surface area contributed by atoms with E-state index in [0.717, 1.165) is 10.1 Å². The van der Waals surface area contributed by atoms with Crippen molar-refractivity contribution in [3.05, 3.63) is 58.6 Å². The minimum Gasteiger partial charge on any atom is -0.481 e. The lowest BCUT2D eigenvalue weighted by Gasteiger charge is -2.17. The number of aliphatic carboxylic acids is 2. The molecule has 1 aliphatic heterocycles. The van der Waals surface area contributed by atoms with Gasteiger partial charge in [0.05, 0.1) is 0 Å². The fourth-order valence-electron chi connectivity index (χ4n) is 3.07. The number of carboxylic acids is 2. The molecule has 1 aromatic heterocycles. The Morgan fingerprint density at radius 3 is 2.26 bits per heavy atom. The Labute approximate surface area is 198 Å². The average molecular weight is 494 g/mol. The molecule has 1 aromatic carbocycles. The van der Waals surface area contributed by atoms with E-state index in [0.29, 0.717) is 6.42 Å². The van der Waals surface area contributed by atoms with Crippen LogP contribution in [0.25, 0.3) is 0 Å². The largest absolute Gasteiger partial charge is 0.481 e. The summed E-state index contributed by atoms with van der Waals surface area (Å²) in [6.07, 6.45) is -4.20. The van der Waals surface area contributed by atoms with Gasteiger partial charge in [0.15, 0.2) is 6.23 Å². The highest BCUT2D eigenvalue weighted by molar-refractivity contribution is 5.88. The van der Waals surface area contributed by atoms with Gasteiger partial charge in [0.25, 0.3) is 0 Å². The van der Waals surface area contributed by atoms with Crippen LogP contribution >= 0.6 is 0 Å². The molecule has 14 heteroatoms. The number of nitrogens with two attached hydrogens (primary N) is 2. The Balaban J connectivity index is 0.000000540. The second kappa shape index (κ2) is 12.6. The molecule has 35 heavy (non-hydrogen) atoms. The zero-order valence-corrected chi connectivity index (χ0v) is 18.3. The smallest absolute Gasteiger partial charge is 0.351 e. The molecule has 0 aliphatic carbocycles. The number of ether oxygens (including phenoxy) is 2. The number of hydrogen-bond donors (Lipinski definition) is 6. The van der Waals surface area contributed by atoms with Crippen molar-refractivity contribution in [2.24, 2.45) is 5.73 Å². The number of hydrogen-bond acceptors (Lipinski definition) is 11. The van der Waals surface area contributed by atoms with Crippen molar-refractivity contribution in [2.75, 3.05) is 12.3 Å². The molecule has 2 aromatic rings. The zero-order chi connectivity index (χ0) is 26.1. The summed E-state index contributed by atoms with van der Waals surface area (Å²) < 4.78 is 11.6. The highest BCUT2D eigenvalue weighted by Gasteiger charge is 2.44.